The van der Waals surface area contributed by atoms with E-state index in [-0.39, 0.29) is 6.04 Å². The fraction of sp³-hybridized carbons (Fsp3) is 0.438. The van der Waals surface area contributed by atoms with E-state index in [1.807, 2.05) is 17.7 Å². The predicted octanol–water partition coefficient (Wildman–Crippen LogP) is 2.74. The van der Waals surface area contributed by atoms with Crippen molar-refractivity contribution in [2.75, 3.05) is 0 Å². The van der Waals surface area contributed by atoms with Crippen LogP contribution in [0.5, 0.6) is 5.75 Å². The van der Waals surface area contributed by atoms with Crippen molar-refractivity contribution in [3.63, 3.8) is 0 Å². The maximum atomic E-state index is 6.05. The van der Waals surface area contributed by atoms with Gasteiger partial charge in [-0.15, -0.1) is 0 Å². The quantitative estimate of drug-likeness (QED) is 0.930. The van der Waals surface area contributed by atoms with E-state index in [4.69, 9.17) is 10.5 Å². The molecule has 0 aliphatic heterocycles. The highest BCUT2D eigenvalue weighted by atomic mass is 16.5. The highest BCUT2D eigenvalue weighted by molar-refractivity contribution is 5.40. The summed E-state index contributed by atoms with van der Waals surface area (Å²) in [5.41, 5.74) is 10.8. The molecule has 2 aromatic rings. The van der Waals surface area contributed by atoms with Crippen LogP contribution >= 0.6 is 0 Å². The van der Waals surface area contributed by atoms with Gasteiger partial charge in [0.25, 0.3) is 0 Å². The van der Waals surface area contributed by atoms with Crippen molar-refractivity contribution in [2.45, 2.75) is 45.9 Å². The Morgan fingerprint density at radius 2 is 2.25 bits per heavy atom. The fourth-order valence-corrected chi connectivity index (χ4v) is 2.86. The van der Waals surface area contributed by atoms with Crippen molar-refractivity contribution >= 4 is 0 Å². The third-order valence-corrected chi connectivity index (χ3v) is 3.91. The molecular formula is C16H21N3O. The SMILES string of the molecule is CCn1nc(C)cc1COc1ccc2c(c1)CC[C@H]2N. The minimum atomic E-state index is 0.197. The van der Waals surface area contributed by atoms with E-state index in [0.717, 1.165) is 36.5 Å². The number of ether oxygens (including phenoxy) is 1. The van der Waals surface area contributed by atoms with Gasteiger partial charge in [0, 0.05) is 12.6 Å². The van der Waals surface area contributed by atoms with Crippen LogP contribution in [0.3, 0.4) is 0 Å². The van der Waals surface area contributed by atoms with Crippen molar-refractivity contribution in [2.24, 2.45) is 5.73 Å². The van der Waals surface area contributed by atoms with E-state index in [2.05, 4.69) is 30.2 Å². The highest BCUT2D eigenvalue weighted by Crippen LogP contribution is 2.32. The van der Waals surface area contributed by atoms with Gasteiger partial charge in [0.1, 0.15) is 12.4 Å². The van der Waals surface area contributed by atoms with Gasteiger partial charge < -0.3 is 10.5 Å². The summed E-state index contributed by atoms with van der Waals surface area (Å²) < 4.78 is 7.89. The van der Waals surface area contributed by atoms with Crippen LogP contribution in [0.15, 0.2) is 24.3 Å². The van der Waals surface area contributed by atoms with Gasteiger partial charge in [-0.05, 0) is 56.0 Å². The molecule has 0 unspecified atom stereocenters. The Balaban J connectivity index is 1.72. The lowest BCUT2D eigenvalue weighted by Gasteiger charge is -2.10. The van der Waals surface area contributed by atoms with Crippen LogP contribution in [-0.4, -0.2) is 9.78 Å². The summed E-state index contributed by atoms with van der Waals surface area (Å²) in [6.07, 6.45) is 2.10. The number of nitrogens with two attached hydrogens (primary N) is 1. The molecule has 3 rings (SSSR count). The minimum absolute atomic E-state index is 0.197. The van der Waals surface area contributed by atoms with Crippen LogP contribution in [0.4, 0.5) is 0 Å². The molecule has 0 amide bonds. The number of fused-ring (bicyclic) bond motifs is 1. The first-order chi connectivity index (χ1) is 9.67. The fourth-order valence-electron chi connectivity index (χ4n) is 2.86. The van der Waals surface area contributed by atoms with Crippen molar-refractivity contribution in [3.05, 3.63) is 46.8 Å². The number of rotatable bonds is 4. The Kier molecular flexibility index (Phi) is 3.49. The Morgan fingerprint density at radius 1 is 1.40 bits per heavy atom. The second-order valence-electron chi connectivity index (χ2n) is 5.39. The van der Waals surface area contributed by atoms with Crippen molar-refractivity contribution < 1.29 is 4.74 Å². The normalized spacial score (nSPS) is 17.2. The van der Waals surface area contributed by atoms with E-state index in [1.165, 1.54) is 11.1 Å². The molecule has 4 nitrogen and oxygen atoms in total. The molecule has 1 aliphatic rings. The summed E-state index contributed by atoms with van der Waals surface area (Å²) in [7, 11) is 0. The molecular weight excluding hydrogens is 250 g/mol. The average molecular weight is 271 g/mol. The lowest BCUT2D eigenvalue weighted by Crippen LogP contribution is -2.07. The smallest absolute Gasteiger partial charge is 0.130 e. The van der Waals surface area contributed by atoms with Gasteiger partial charge in [0.2, 0.25) is 0 Å². The largest absolute Gasteiger partial charge is 0.487 e. The van der Waals surface area contributed by atoms with Crippen molar-refractivity contribution in [1.29, 1.82) is 0 Å². The lowest BCUT2D eigenvalue weighted by atomic mass is 10.1. The second kappa shape index (κ2) is 5.29. The number of aryl methyl sites for hydroxylation is 3. The zero-order valence-electron chi connectivity index (χ0n) is 12.1. The molecule has 20 heavy (non-hydrogen) atoms. The molecule has 1 aromatic heterocycles. The Labute approximate surface area is 119 Å². The van der Waals surface area contributed by atoms with Gasteiger partial charge in [0.05, 0.1) is 11.4 Å². The van der Waals surface area contributed by atoms with Crippen LogP contribution < -0.4 is 10.5 Å². The number of hydrogen-bond acceptors (Lipinski definition) is 3. The summed E-state index contributed by atoms with van der Waals surface area (Å²) in [6, 6.07) is 8.52. The monoisotopic (exact) mass is 271 g/mol. The summed E-state index contributed by atoms with van der Waals surface area (Å²) in [4.78, 5) is 0. The van der Waals surface area contributed by atoms with E-state index in [9.17, 15) is 0 Å². The summed E-state index contributed by atoms with van der Waals surface area (Å²) in [5, 5.41) is 4.43. The molecule has 1 aliphatic carbocycles. The van der Waals surface area contributed by atoms with Gasteiger partial charge in [-0.2, -0.15) is 5.10 Å². The van der Waals surface area contributed by atoms with Crippen molar-refractivity contribution in [3.8, 4) is 5.75 Å². The zero-order valence-corrected chi connectivity index (χ0v) is 12.1. The molecule has 2 N–H and O–H groups in total. The summed E-state index contributed by atoms with van der Waals surface area (Å²) >= 11 is 0. The van der Waals surface area contributed by atoms with E-state index in [1.54, 1.807) is 0 Å². The minimum Gasteiger partial charge on any atom is -0.487 e. The molecule has 0 saturated heterocycles. The van der Waals surface area contributed by atoms with Crippen LogP contribution in [0.25, 0.3) is 0 Å². The molecule has 0 spiro atoms. The van der Waals surface area contributed by atoms with Crippen molar-refractivity contribution in [1.82, 2.24) is 9.78 Å². The maximum absolute atomic E-state index is 6.05. The van der Waals surface area contributed by atoms with Gasteiger partial charge in [-0.25, -0.2) is 0 Å². The molecule has 1 heterocycles. The third-order valence-electron chi connectivity index (χ3n) is 3.91. The van der Waals surface area contributed by atoms with E-state index in [0.29, 0.717) is 6.61 Å². The molecule has 4 heteroatoms. The molecule has 106 valence electrons. The molecule has 0 radical (unpaired) electrons. The molecule has 0 saturated carbocycles. The first-order valence-corrected chi connectivity index (χ1v) is 7.22. The molecule has 0 bridgehead atoms. The summed E-state index contributed by atoms with van der Waals surface area (Å²) in [6.45, 7) is 5.52. The lowest BCUT2D eigenvalue weighted by molar-refractivity contribution is 0.292. The van der Waals surface area contributed by atoms with E-state index < -0.39 is 0 Å². The topological polar surface area (TPSA) is 53.1 Å². The number of nitrogens with zero attached hydrogens (tertiary/aromatic N) is 2. The summed E-state index contributed by atoms with van der Waals surface area (Å²) in [5.74, 6) is 0.916. The van der Waals surface area contributed by atoms with Crippen LogP contribution in [0.1, 0.15) is 41.9 Å². The van der Waals surface area contributed by atoms with Gasteiger partial charge >= 0.3 is 0 Å². The van der Waals surface area contributed by atoms with E-state index >= 15 is 0 Å². The predicted molar refractivity (Wildman–Crippen MR) is 78.7 cm³/mol. The third kappa shape index (κ3) is 2.43. The standard InChI is InChI=1S/C16H21N3O/c1-3-19-13(8-11(2)18-19)10-20-14-5-6-15-12(9-14)4-7-16(15)17/h5-6,8-9,16H,3-4,7,10,17H2,1-2H3/t16-/m1/s1. The Morgan fingerprint density at radius 3 is 3.05 bits per heavy atom. The number of hydrogen-bond donors (Lipinski definition) is 1. The molecule has 1 aromatic carbocycles. The highest BCUT2D eigenvalue weighted by Gasteiger charge is 2.19. The van der Waals surface area contributed by atoms with Gasteiger partial charge in [-0.3, -0.25) is 4.68 Å². The molecule has 0 fully saturated rings. The van der Waals surface area contributed by atoms with Crippen LogP contribution in [-0.2, 0) is 19.6 Å². The van der Waals surface area contributed by atoms with Crippen LogP contribution in [0, 0.1) is 6.92 Å². The first kappa shape index (κ1) is 13.2. The zero-order chi connectivity index (χ0) is 14.1. The first-order valence-electron chi connectivity index (χ1n) is 7.22. The average Bonchev–Trinajstić information content (AvgIpc) is 2.99. The number of benzene rings is 1. The Hall–Kier alpha value is -1.81. The van der Waals surface area contributed by atoms with Crippen LogP contribution in [0.2, 0.25) is 0 Å². The Bertz CT molecular complexity index is 618. The maximum Gasteiger partial charge on any atom is 0.130 e. The second-order valence-corrected chi connectivity index (χ2v) is 5.39. The molecule has 1 atom stereocenters. The van der Waals surface area contributed by atoms with Gasteiger partial charge in [0.15, 0.2) is 0 Å². The van der Waals surface area contributed by atoms with Gasteiger partial charge in [-0.1, -0.05) is 6.07 Å². The number of aromatic nitrogens is 2.